The summed E-state index contributed by atoms with van der Waals surface area (Å²) in [6.45, 7) is 5.48. The monoisotopic (exact) mass is 328 g/mol. The van der Waals surface area contributed by atoms with Gasteiger partial charge in [-0.25, -0.2) is 0 Å². The summed E-state index contributed by atoms with van der Waals surface area (Å²) >= 11 is 0. The number of nitrogens with one attached hydrogen (secondary N) is 2. The fourth-order valence-corrected chi connectivity index (χ4v) is 2.64. The van der Waals surface area contributed by atoms with Gasteiger partial charge in [0.2, 0.25) is 5.91 Å². The Morgan fingerprint density at radius 3 is 2.82 bits per heavy atom. The lowest BCUT2D eigenvalue weighted by Crippen LogP contribution is -2.40. The van der Waals surface area contributed by atoms with Crippen LogP contribution in [0.5, 0.6) is 11.5 Å². The molecular weight excluding hydrogens is 304 g/mol. The molecule has 5 nitrogen and oxygen atoms in total. The lowest BCUT2D eigenvalue weighted by Gasteiger charge is -2.27. The molecule has 1 aromatic rings. The minimum atomic E-state index is 0. The van der Waals surface area contributed by atoms with Crippen LogP contribution in [-0.2, 0) is 4.79 Å². The van der Waals surface area contributed by atoms with Crippen molar-refractivity contribution in [3.63, 3.8) is 0 Å². The number of benzene rings is 1. The molecule has 0 unspecified atom stereocenters. The van der Waals surface area contributed by atoms with Crippen LogP contribution in [-0.4, -0.2) is 32.2 Å². The molecule has 6 heteroatoms. The van der Waals surface area contributed by atoms with E-state index in [-0.39, 0.29) is 24.2 Å². The van der Waals surface area contributed by atoms with Gasteiger partial charge >= 0.3 is 0 Å². The molecule has 2 atom stereocenters. The number of anilines is 1. The second-order valence-electron chi connectivity index (χ2n) is 5.36. The van der Waals surface area contributed by atoms with Gasteiger partial charge in [0.1, 0.15) is 0 Å². The lowest BCUT2D eigenvalue weighted by molar-refractivity contribution is -0.120. The van der Waals surface area contributed by atoms with E-state index in [1.807, 2.05) is 25.1 Å². The maximum absolute atomic E-state index is 12.3. The van der Waals surface area contributed by atoms with Crippen LogP contribution in [0.3, 0.4) is 0 Å². The van der Waals surface area contributed by atoms with Gasteiger partial charge in [-0.1, -0.05) is 0 Å². The van der Waals surface area contributed by atoms with Crippen LogP contribution < -0.4 is 20.1 Å². The normalized spacial score (nSPS) is 20.7. The lowest BCUT2D eigenvalue weighted by atomic mass is 9.92. The molecule has 0 bridgehead atoms. The Labute approximate surface area is 138 Å². The number of piperidine rings is 1. The van der Waals surface area contributed by atoms with Gasteiger partial charge in [0.05, 0.1) is 13.7 Å². The highest BCUT2D eigenvalue weighted by atomic mass is 35.5. The fourth-order valence-electron chi connectivity index (χ4n) is 2.64. The number of hydrogen-bond donors (Lipinski definition) is 2. The van der Waals surface area contributed by atoms with E-state index in [9.17, 15) is 4.79 Å². The Balaban J connectivity index is 0.00000242. The van der Waals surface area contributed by atoms with E-state index in [4.69, 9.17) is 9.47 Å². The Bertz CT molecular complexity index is 496. The highest BCUT2D eigenvalue weighted by Gasteiger charge is 2.24. The van der Waals surface area contributed by atoms with Crippen LogP contribution in [0.4, 0.5) is 5.69 Å². The van der Waals surface area contributed by atoms with Crippen molar-refractivity contribution in [1.82, 2.24) is 5.32 Å². The SMILES string of the molecule is CCOc1cc(NC(=O)[C@H]2CCN[C@@H](C)C2)ccc1OC.Cl. The van der Waals surface area contributed by atoms with Gasteiger partial charge in [0.25, 0.3) is 0 Å². The molecule has 0 spiro atoms. The Morgan fingerprint density at radius 1 is 1.41 bits per heavy atom. The van der Waals surface area contributed by atoms with Crippen molar-refractivity contribution in [1.29, 1.82) is 0 Å². The smallest absolute Gasteiger partial charge is 0.227 e. The van der Waals surface area contributed by atoms with Crippen molar-refractivity contribution in [2.24, 2.45) is 5.92 Å². The minimum Gasteiger partial charge on any atom is -0.493 e. The molecule has 1 aliphatic heterocycles. The predicted octanol–water partition coefficient (Wildman–Crippen LogP) is 2.84. The van der Waals surface area contributed by atoms with E-state index in [1.54, 1.807) is 7.11 Å². The maximum Gasteiger partial charge on any atom is 0.227 e. The number of ether oxygens (including phenoxy) is 2. The van der Waals surface area contributed by atoms with Crippen LogP contribution in [0.1, 0.15) is 26.7 Å². The van der Waals surface area contributed by atoms with Crippen LogP contribution in [0.25, 0.3) is 0 Å². The third-order valence-corrected chi connectivity index (χ3v) is 3.73. The summed E-state index contributed by atoms with van der Waals surface area (Å²) in [6, 6.07) is 5.85. The number of methoxy groups -OCH3 is 1. The van der Waals surface area contributed by atoms with E-state index in [2.05, 4.69) is 17.6 Å². The first-order valence-electron chi connectivity index (χ1n) is 7.49. The first kappa shape index (κ1) is 18.6. The summed E-state index contributed by atoms with van der Waals surface area (Å²) in [4.78, 5) is 12.3. The summed E-state index contributed by atoms with van der Waals surface area (Å²) < 4.78 is 10.8. The predicted molar refractivity (Wildman–Crippen MR) is 90.2 cm³/mol. The Morgan fingerprint density at radius 2 is 2.18 bits per heavy atom. The summed E-state index contributed by atoms with van der Waals surface area (Å²) in [6.07, 6.45) is 1.75. The zero-order valence-corrected chi connectivity index (χ0v) is 14.2. The quantitative estimate of drug-likeness (QED) is 0.872. The van der Waals surface area contributed by atoms with Crippen LogP contribution in [0, 0.1) is 5.92 Å². The maximum atomic E-state index is 12.3. The van der Waals surface area contributed by atoms with E-state index < -0.39 is 0 Å². The van der Waals surface area contributed by atoms with Crippen molar-refractivity contribution in [2.45, 2.75) is 32.7 Å². The summed E-state index contributed by atoms with van der Waals surface area (Å²) in [5, 5.41) is 6.34. The van der Waals surface area contributed by atoms with Gasteiger partial charge in [0.15, 0.2) is 11.5 Å². The van der Waals surface area contributed by atoms with Gasteiger partial charge < -0.3 is 20.1 Å². The van der Waals surface area contributed by atoms with Crippen molar-refractivity contribution >= 4 is 24.0 Å². The molecule has 0 radical (unpaired) electrons. The molecule has 124 valence electrons. The molecule has 1 saturated heterocycles. The average molecular weight is 329 g/mol. The topological polar surface area (TPSA) is 59.6 Å². The molecule has 0 aliphatic carbocycles. The summed E-state index contributed by atoms with van der Waals surface area (Å²) in [5.74, 6) is 1.47. The number of carbonyl (C=O) groups is 1. The second-order valence-corrected chi connectivity index (χ2v) is 5.36. The molecule has 1 aliphatic rings. The summed E-state index contributed by atoms with van der Waals surface area (Å²) in [5.41, 5.74) is 0.746. The first-order valence-corrected chi connectivity index (χ1v) is 7.49. The Kier molecular flexibility index (Phi) is 7.48. The van der Waals surface area contributed by atoms with E-state index in [0.717, 1.165) is 25.1 Å². The second kappa shape index (κ2) is 8.86. The fraction of sp³-hybridized carbons (Fsp3) is 0.562. The van der Waals surface area contributed by atoms with Gasteiger partial charge in [-0.2, -0.15) is 0 Å². The van der Waals surface area contributed by atoms with Crippen LogP contribution >= 0.6 is 12.4 Å². The van der Waals surface area contributed by atoms with Gasteiger partial charge in [0, 0.05) is 23.7 Å². The zero-order chi connectivity index (χ0) is 15.2. The van der Waals surface area contributed by atoms with Gasteiger partial charge in [-0.05, 0) is 45.4 Å². The number of carbonyl (C=O) groups excluding carboxylic acids is 1. The molecule has 1 amide bonds. The highest BCUT2D eigenvalue weighted by molar-refractivity contribution is 5.93. The van der Waals surface area contributed by atoms with Gasteiger partial charge in [-0.3, -0.25) is 4.79 Å². The first-order chi connectivity index (χ1) is 10.1. The van der Waals surface area contributed by atoms with Crippen molar-refractivity contribution in [3.8, 4) is 11.5 Å². The number of halogens is 1. The number of hydrogen-bond acceptors (Lipinski definition) is 4. The highest BCUT2D eigenvalue weighted by Crippen LogP contribution is 2.30. The third-order valence-electron chi connectivity index (χ3n) is 3.73. The van der Waals surface area contributed by atoms with Crippen molar-refractivity contribution in [2.75, 3.05) is 25.6 Å². The molecule has 1 aromatic carbocycles. The standard InChI is InChI=1S/C16H24N2O3.ClH/c1-4-21-15-10-13(5-6-14(15)20-3)18-16(19)12-7-8-17-11(2)9-12;/h5-6,10-12,17H,4,7-9H2,1-3H3,(H,18,19);1H/t11-,12-;/m0./s1. The van der Waals surface area contributed by atoms with Crippen molar-refractivity contribution in [3.05, 3.63) is 18.2 Å². The van der Waals surface area contributed by atoms with E-state index in [1.165, 1.54) is 0 Å². The molecule has 22 heavy (non-hydrogen) atoms. The number of rotatable bonds is 5. The molecule has 2 rings (SSSR count). The molecule has 0 saturated carbocycles. The minimum absolute atomic E-state index is 0. The molecule has 1 heterocycles. The summed E-state index contributed by atoms with van der Waals surface area (Å²) in [7, 11) is 1.60. The largest absolute Gasteiger partial charge is 0.493 e. The molecule has 1 fully saturated rings. The Hall–Kier alpha value is -1.46. The van der Waals surface area contributed by atoms with E-state index in [0.29, 0.717) is 24.1 Å². The van der Waals surface area contributed by atoms with Crippen LogP contribution in [0.15, 0.2) is 18.2 Å². The van der Waals surface area contributed by atoms with Crippen molar-refractivity contribution < 1.29 is 14.3 Å². The molecular formula is C16H25ClN2O3. The third kappa shape index (κ3) is 4.78. The molecule has 0 aromatic heterocycles. The van der Waals surface area contributed by atoms with Gasteiger partial charge in [-0.15, -0.1) is 12.4 Å². The average Bonchev–Trinajstić information content (AvgIpc) is 2.48. The zero-order valence-electron chi connectivity index (χ0n) is 13.3. The molecule has 2 N–H and O–H groups in total. The number of amides is 1. The van der Waals surface area contributed by atoms with Crippen LogP contribution in [0.2, 0.25) is 0 Å². The van der Waals surface area contributed by atoms with E-state index >= 15 is 0 Å².